The first-order valence-corrected chi connectivity index (χ1v) is 13.1. The molecule has 1 aromatic carbocycles. The van der Waals surface area contributed by atoms with E-state index in [1.807, 2.05) is 39.0 Å². The fourth-order valence-electron chi connectivity index (χ4n) is 5.29. The van der Waals surface area contributed by atoms with Crippen molar-refractivity contribution < 1.29 is 9.59 Å². The SMILES string of the molecule is Cc1ccc2c(c1)[C@]1(C(=O)N2)C(C#N)=C(N)N(c2nnc(SC(C)C)s2)C2=C1C(=O)CC(C)(C)C2. The average Bonchev–Trinajstić information content (AvgIpc) is 3.30. The minimum atomic E-state index is -1.58. The van der Waals surface area contributed by atoms with Gasteiger partial charge in [-0.05, 0) is 24.8 Å². The van der Waals surface area contributed by atoms with E-state index in [1.54, 1.807) is 16.7 Å². The van der Waals surface area contributed by atoms with Crippen molar-refractivity contribution in [3.63, 3.8) is 0 Å². The van der Waals surface area contributed by atoms with Crippen LogP contribution in [-0.2, 0) is 15.0 Å². The van der Waals surface area contributed by atoms with E-state index in [0.717, 1.165) is 9.90 Å². The van der Waals surface area contributed by atoms with Gasteiger partial charge in [-0.1, -0.05) is 68.5 Å². The van der Waals surface area contributed by atoms with Gasteiger partial charge in [-0.3, -0.25) is 14.5 Å². The van der Waals surface area contributed by atoms with E-state index in [2.05, 4.69) is 35.4 Å². The lowest BCUT2D eigenvalue weighted by Crippen LogP contribution is -2.52. The molecule has 5 rings (SSSR count). The molecule has 3 heterocycles. The van der Waals surface area contributed by atoms with Crippen LogP contribution < -0.4 is 16.0 Å². The number of ketones is 1. The van der Waals surface area contributed by atoms with Crippen molar-refractivity contribution in [2.24, 2.45) is 11.1 Å². The number of nitrogens with two attached hydrogens (primary N) is 1. The standard InChI is InChI=1S/C25H26N6O2S2/c1-12(2)34-23-30-29-22(35-23)31-17-9-24(4,5)10-18(32)19(17)25(15(11-26)20(31)27)14-8-13(3)6-7-16(14)28-21(25)33/h6-8,12H,9-10,27H2,1-5H3,(H,28,33)/t25-/m0/s1. The summed E-state index contributed by atoms with van der Waals surface area (Å²) in [6.07, 6.45) is 0.759. The van der Waals surface area contributed by atoms with E-state index >= 15 is 0 Å². The normalized spacial score (nSPS) is 23.1. The summed E-state index contributed by atoms with van der Waals surface area (Å²) in [5.41, 5.74) is 7.85. The largest absolute Gasteiger partial charge is 0.384 e. The predicted octanol–water partition coefficient (Wildman–Crippen LogP) is 4.39. The maximum atomic E-state index is 13.9. The maximum absolute atomic E-state index is 13.9. The smallest absolute Gasteiger partial charge is 0.245 e. The topological polar surface area (TPSA) is 125 Å². The van der Waals surface area contributed by atoms with Gasteiger partial charge in [-0.2, -0.15) is 5.26 Å². The zero-order valence-electron chi connectivity index (χ0n) is 20.2. The third kappa shape index (κ3) is 3.40. The minimum Gasteiger partial charge on any atom is -0.384 e. The van der Waals surface area contributed by atoms with Crippen LogP contribution in [0.25, 0.3) is 0 Å². The van der Waals surface area contributed by atoms with Gasteiger partial charge in [-0.25, -0.2) is 0 Å². The molecule has 1 spiro atoms. The van der Waals surface area contributed by atoms with Crippen LogP contribution in [0, 0.1) is 23.7 Å². The Labute approximate surface area is 212 Å². The number of amides is 1. The first kappa shape index (κ1) is 23.6. The number of rotatable bonds is 3. The Morgan fingerprint density at radius 1 is 1.26 bits per heavy atom. The zero-order chi connectivity index (χ0) is 25.3. The molecular weight excluding hydrogens is 480 g/mol. The van der Waals surface area contributed by atoms with Crippen LogP contribution in [0.4, 0.5) is 10.8 Å². The number of hydrogen-bond donors (Lipinski definition) is 2. The van der Waals surface area contributed by atoms with Crippen LogP contribution in [0.3, 0.4) is 0 Å². The Morgan fingerprint density at radius 3 is 2.69 bits per heavy atom. The van der Waals surface area contributed by atoms with Crippen molar-refractivity contribution in [1.82, 2.24) is 10.2 Å². The molecule has 3 aliphatic rings. The lowest BCUT2D eigenvalue weighted by Gasteiger charge is -2.45. The number of fused-ring (bicyclic) bond motifs is 3. The van der Waals surface area contributed by atoms with Crippen LogP contribution in [0.1, 0.15) is 51.7 Å². The van der Waals surface area contributed by atoms with Crippen molar-refractivity contribution in [2.75, 3.05) is 10.2 Å². The Bertz CT molecular complexity index is 1400. The van der Waals surface area contributed by atoms with Crippen LogP contribution in [0.15, 0.2) is 45.2 Å². The number of carbonyl (C=O) groups is 2. The van der Waals surface area contributed by atoms with Crippen molar-refractivity contribution in [2.45, 2.75) is 62.5 Å². The Hall–Kier alpha value is -3.16. The molecule has 3 N–H and O–H groups in total. The number of Topliss-reactive ketones (excluding diaryl/α,β-unsaturated/α-hetero) is 1. The highest BCUT2D eigenvalue weighted by molar-refractivity contribution is 8.01. The molecular formula is C25H26N6O2S2. The molecule has 0 unspecified atom stereocenters. The van der Waals surface area contributed by atoms with E-state index in [9.17, 15) is 14.9 Å². The molecule has 0 radical (unpaired) electrons. The van der Waals surface area contributed by atoms with Gasteiger partial charge in [0, 0.05) is 34.2 Å². The quantitative estimate of drug-likeness (QED) is 0.587. The van der Waals surface area contributed by atoms with Crippen molar-refractivity contribution in [1.29, 1.82) is 5.26 Å². The zero-order valence-corrected chi connectivity index (χ0v) is 21.9. The van der Waals surface area contributed by atoms with Crippen molar-refractivity contribution >= 4 is 45.6 Å². The van der Waals surface area contributed by atoms with Gasteiger partial charge in [0.05, 0.1) is 5.57 Å². The second kappa shape index (κ2) is 7.93. The minimum absolute atomic E-state index is 0.0411. The average molecular weight is 507 g/mol. The molecule has 10 heteroatoms. The predicted molar refractivity (Wildman–Crippen MR) is 137 cm³/mol. The van der Waals surface area contributed by atoms with E-state index in [4.69, 9.17) is 5.73 Å². The number of carbonyl (C=O) groups excluding carboxylic acids is 2. The number of nitrogens with zero attached hydrogens (tertiary/aromatic N) is 4. The third-order valence-electron chi connectivity index (χ3n) is 6.57. The number of hydrogen-bond acceptors (Lipinski definition) is 9. The summed E-state index contributed by atoms with van der Waals surface area (Å²) in [6, 6.07) is 7.78. The second-order valence-corrected chi connectivity index (χ2v) is 13.0. The molecule has 8 nitrogen and oxygen atoms in total. The van der Waals surface area contributed by atoms with E-state index in [-0.39, 0.29) is 29.0 Å². The Kier molecular flexibility index (Phi) is 5.34. The Morgan fingerprint density at radius 2 is 2.00 bits per heavy atom. The van der Waals surface area contributed by atoms with Gasteiger partial charge in [0.25, 0.3) is 0 Å². The number of benzene rings is 1. The molecule has 0 bridgehead atoms. The third-order valence-corrected chi connectivity index (χ3v) is 8.57. The summed E-state index contributed by atoms with van der Waals surface area (Å²) in [5, 5.41) is 22.8. The summed E-state index contributed by atoms with van der Waals surface area (Å²) < 4.78 is 0.768. The molecule has 1 atom stereocenters. The van der Waals surface area contributed by atoms with E-state index in [0.29, 0.717) is 39.3 Å². The highest BCUT2D eigenvalue weighted by atomic mass is 32.2. The maximum Gasteiger partial charge on any atom is 0.245 e. The molecule has 0 saturated carbocycles. The van der Waals surface area contributed by atoms with E-state index in [1.165, 1.54) is 11.3 Å². The molecule has 1 amide bonds. The number of anilines is 2. The highest BCUT2D eigenvalue weighted by Gasteiger charge is 2.61. The van der Waals surface area contributed by atoms with Crippen molar-refractivity contribution in [3.05, 3.63) is 52.0 Å². The molecule has 1 aliphatic carbocycles. The number of nitriles is 1. The van der Waals surface area contributed by atoms with Gasteiger partial charge in [0.2, 0.25) is 11.0 Å². The first-order chi connectivity index (χ1) is 16.5. The second-order valence-electron chi connectivity index (χ2n) is 10.2. The lowest BCUT2D eigenvalue weighted by molar-refractivity contribution is -0.123. The molecule has 0 saturated heterocycles. The summed E-state index contributed by atoms with van der Waals surface area (Å²) in [5.74, 6) is -0.475. The van der Waals surface area contributed by atoms with Gasteiger partial charge in [0.1, 0.15) is 17.3 Å². The van der Waals surface area contributed by atoms with Gasteiger partial charge < -0.3 is 11.1 Å². The summed E-state index contributed by atoms with van der Waals surface area (Å²) in [4.78, 5) is 29.3. The van der Waals surface area contributed by atoms with Crippen LogP contribution in [0.5, 0.6) is 0 Å². The fraction of sp³-hybridized carbons (Fsp3) is 0.400. The summed E-state index contributed by atoms with van der Waals surface area (Å²) in [7, 11) is 0. The lowest BCUT2D eigenvalue weighted by atomic mass is 9.61. The number of thioether (sulfide) groups is 1. The first-order valence-electron chi connectivity index (χ1n) is 11.4. The molecule has 2 aromatic rings. The highest BCUT2D eigenvalue weighted by Crippen LogP contribution is 2.57. The summed E-state index contributed by atoms with van der Waals surface area (Å²) in [6.45, 7) is 10.1. The van der Waals surface area contributed by atoms with Gasteiger partial charge in [0.15, 0.2) is 10.1 Å². The van der Waals surface area contributed by atoms with Crippen LogP contribution in [0.2, 0.25) is 0 Å². The van der Waals surface area contributed by atoms with Crippen molar-refractivity contribution in [3.8, 4) is 6.07 Å². The van der Waals surface area contributed by atoms with Crippen LogP contribution in [-0.4, -0.2) is 27.1 Å². The number of aryl methyl sites for hydroxylation is 1. The number of nitrogens with one attached hydrogen (secondary N) is 1. The molecule has 35 heavy (non-hydrogen) atoms. The molecule has 180 valence electrons. The number of allylic oxidation sites excluding steroid dienone is 1. The molecule has 2 aliphatic heterocycles. The summed E-state index contributed by atoms with van der Waals surface area (Å²) >= 11 is 2.94. The monoisotopic (exact) mass is 506 g/mol. The van der Waals surface area contributed by atoms with Gasteiger partial charge in [-0.15, -0.1) is 10.2 Å². The Balaban J connectivity index is 1.83. The van der Waals surface area contributed by atoms with E-state index < -0.39 is 11.3 Å². The van der Waals surface area contributed by atoms with Crippen LogP contribution >= 0.6 is 23.1 Å². The molecule has 1 aromatic heterocycles. The van der Waals surface area contributed by atoms with Gasteiger partial charge >= 0.3 is 0 Å². The molecule has 0 fully saturated rings. The number of aromatic nitrogens is 2. The fourth-order valence-corrected chi connectivity index (χ4v) is 7.40.